The second-order valence-electron chi connectivity index (χ2n) is 24.1. The number of halogens is 2. The van der Waals surface area contributed by atoms with Gasteiger partial charge in [-0.2, -0.15) is 23.9 Å². The molecule has 2 aliphatic rings. The minimum Gasteiger partial charge on any atom is -0.361 e. The summed E-state index contributed by atoms with van der Waals surface area (Å²) in [5, 5.41) is 25.9. The average Bonchev–Trinajstić information content (AvgIpc) is 3.55. The lowest BCUT2D eigenvalue weighted by molar-refractivity contribution is 0.0506. The Kier molecular flexibility index (Phi) is 17.1. The molecule has 2 aliphatic carbocycles. The van der Waals surface area contributed by atoms with Crippen LogP contribution in [0.15, 0.2) is 61.2 Å². The standard InChI is InChI=1S/C28H34FN7O2Si.C28H37FN6O5SSi/c1-17(19-10-18(11-19)13-30)32-28(37)22-15-36(16-38-8-9-39(3,4)5)27-26(22)33-23(14-31-27)25-21-7-6-20(29)12-24(21)35(2)34-25;1-17(18-11-20(12-18)40-41(3,37)38)31-28(36)22-15-35(16-39-9-10-42(4,5)6)27-26(22)32-23(14-30-27)25-21-8-7-19(29)13-24(21)34(2)33-25/h6-7,12,14-15,17-19H,8-11,16H2,1-5H3,(H,32,37);7-8,13-15,17-18,20H,9-12,16H2,1-6H3,(H,31,36). The zero-order valence-corrected chi connectivity index (χ0v) is 50.6. The van der Waals surface area contributed by atoms with Crippen molar-refractivity contribution in [1.82, 2.24) is 59.3 Å². The molecular weight excluding hydrogens is 1090 g/mol. The molecule has 2 saturated carbocycles. The number of rotatable bonds is 20. The third kappa shape index (κ3) is 13.8. The Hall–Kier alpha value is -6.83. The molecule has 8 aromatic rings. The van der Waals surface area contributed by atoms with Crippen LogP contribution in [0.3, 0.4) is 0 Å². The van der Waals surface area contributed by atoms with E-state index in [1.807, 2.05) is 18.4 Å². The van der Waals surface area contributed by atoms with Crippen molar-refractivity contribution in [3.8, 4) is 28.8 Å². The van der Waals surface area contributed by atoms with Gasteiger partial charge in [-0.05, 0) is 99.9 Å². The second kappa shape index (κ2) is 23.6. The molecule has 2 aromatic carbocycles. The van der Waals surface area contributed by atoms with Gasteiger partial charge in [0.2, 0.25) is 0 Å². The fourth-order valence-corrected chi connectivity index (χ4v) is 12.3. The quantitative estimate of drug-likeness (QED) is 0.0411. The molecule has 2 atom stereocenters. The molecule has 81 heavy (non-hydrogen) atoms. The summed E-state index contributed by atoms with van der Waals surface area (Å²) in [4.78, 5) is 46.1. The molecule has 2 amide bonds. The van der Waals surface area contributed by atoms with E-state index in [1.165, 1.54) is 24.3 Å². The van der Waals surface area contributed by atoms with Crippen LogP contribution >= 0.6 is 0 Å². The molecule has 2 unspecified atom stereocenters. The highest BCUT2D eigenvalue weighted by atomic mass is 32.2. The van der Waals surface area contributed by atoms with Gasteiger partial charge in [-0.1, -0.05) is 39.3 Å². The SMILES string of the molecule is CC(NC(=O)c1cn(COCC[Si](C)(C)C)c2ncc(-c3nn(C)c4cc(F)ccc34)nc12)C1CC(C#N)C1.CC(NC(=O)c1cn(COCC[Si](C)(C)C)c2ncc(-c3nn(C)c4cc(F)ccc34)nc12)C1CC(OS(C)(=O)=O)C1. The van der Waals surface area contributed by atoms with Crippen molar-refractivity contribution in [2.45, 2.75) is 123 Å². The molecular formula is C56H71F2N13O7SSi2. The van der Waals surface area contributed by atoms with Crippen LogP contribution in [-0.2, 0) is 51.3 Å². The summed E-state index contributed by atoms with van der Waals surface area (Å²) in [5.41, 5.74) is 5.96. The van der Waals surface area contributed by atoms with E-state index in [9.17, 15) is 26.8 Å². The van der Waals surface area contributed by atoms with Crippen LogP contribution in [0.5, 0.6) is 0 Å². The van der Waals surface area contributed by atoms with Gasteiger partial charge in [0, 0.05) is 84.6 Å². The summed E-state index contributed by atoms with van der Waals surface area (Å²) in [5.74, 6) is -0.836. The van der Waals surface area contributed by atoms with Crippen LogP contribution in [0.4, 0.5) is 8.78 Å². The van der Waals surface area contributed by atoms with Crippen LogP contribution in [0.25, 0.3) is 66.9 Å². The van der Waals surface area contributed by atoms with Crippen molar-refractivity contribution in [1.29, 1.82) is 5.26 Å². The van der Waals surface area contributed by atoms with Crippen LogP contribution in [0, 0.1) is 40.7 Å². The van der Waals surface area contributed by atoms with E-state index >= 15 is 0 Å². The predicted octanol–water partition coefficient (Wildman–Crippen LogP) is 9.41. The van der Waals surface area contributed by atoms with Crippen molar-refractivity contribution in [3.63, 3.8) is 0 Å². The van der Waals surface area contributed by atoms with Gasteiger partial charge in [0.05, 0.1) is 53.0 Å². The van der Waals surface area contributed by atoms with Gasteiger partial charge in [0.25, 0.3) is 21.9 Å². The third-order valence-electron chi connectivity index (χ3n) is 15.1. The largest absolute Gasteiger partial charge is 0.361 e. The maximum atomic E-state index is 13.9. The first kappa shape index (κ1) is 58.8. The molecule has 10 rings (SSSR count). The molecule has 0 bridgehead atoms. The van der Waals surface area contributed by atoms with Gasteiger partial charge >= 0.3 is 0 Å². The fourth-order valence-electron chi connectivity index (χ4n) is 10.1. The van der Waals surface area contributed by atoms with Crippen molar-refractivity contribution >= 4 is 82.2 Å². The first-order valence-electron chi connectivity index (χ1n) is 27.2. The number of aromatic nitrogens is 10. The zero-order valence-electron chi connectivity index (χ0n) is 47.7. The Labute approximate surface area is 471 Å². The van der Waals surface area contributed by atoms with Crippen LogP contribution < -0.4 is 10.6 Å². The van der Waals surface area contributed by atoms with E-state index in [4.69, 9.17) is 28.9 Å². The molecule has 0 radical (unpaired) electrons. The second-order valence-corrected chi connectivity index (χ2v) is 36.9. The first-order chi connectivity index (χ1) is 38.2. The maximum absolute atomic E-state index is 13.9. The Morgan fingerprint density at radius 1 is 0.716 bits per heavy atom. The Bertz CT molecular complexity index is 3810. The number of nitrogens with zero attached hydrogens (tertiary/aromatic N) is 11. The van der Waals surface area contributed by atoms with Gasteiger partial charge in [0.15, 0.2) is 11.3 Å². The van der Waals surface area contributed by atoms with E-state index in [1.54, 1.807) is 64.9 Å². The number of carbonyl (C=O) groups excluding carboxylic acids is 2. The summed E-state index contributed by atoms with van der Waals surface area (Å²) >= 11 is 0. The number of hydrogen-bond acceptors (Lipinski definition) is 14. The third-order valence-corrected chi connectivity index (χ3v) is 19.1. The smallest absolute Gasteiger partial charge is 0.264 e. The highest BCUT2D eigenvalue weighted by Gasteiger charge is 2.38. The van der Waals surface area contributed by atoms with E-state index in [2.05, 4.69) is 76.2 Å². The fraction of sp³-hybridized carbons (Fsp3) is 0.482. The van der Waals surface area contributed by atoms with Gasteiger partial charge in [-0.3, -0.25) is 23.1 Å². The lowest BCUT2D eigenvalue weighted by Crippen LogP contribution is -2.46. The first-order valence-corrected chi connectivity index (χ1v) is 36.5. The van der Waals surface area contributed by atoms with E-state index in [0.717, 1.165) is 42.0 Å². The molecule has 6 heterocycles. The number of fused-ring (bicyclic) bond motifs is 4. The van der Waals surface area contributed by atoms with Gasteiger partial charge in [-0.25, -0.2) is 28.7 Å². The number of aryl methyl sites for hydroxylation is 2. The monoisotopic (exact) mass is 1160 g/mol. The average molecular weight is 1160 g/mol. The summed E-state index contributed by atoms with van der Waals surface area (Å²) in [7, 11) is -2.56. The minimum atomic E-state index is -3.52. The van der Waals surface area contributed by atoms with Gasteiger partial charge in [-0.15, -0.1) is 0 Å². The summed E-state index contributed by atoms with van der Waals surface area (Å²) in [6, 6.07) is 13.0. The molecule has 2 N–H and O–H groups in total. The Balaban J connectivity index is 0.000000196. The Morgan fingerprint density at radius 3 is 1.53 bits per heavy atom. The number of ether oxygens (including phenoxy) is 2. The predicted molar refractivity (Wildman–Crippen MR) is 311 cm³/mol. The molecule has 430 valence electrons. The summed E-state index contributed by atoms with van der Waals surface area (Å²) in [6.45, 7) is 19.3. The number of hydrogen-bond donors (Lipinski definition) is 2. The number of carbonyl (C=O) groups is 2. The normalized spacial score (nSPS) is 18.3. The van der Waals surface area contributed by atoms with Crippen molar-refractivity contribution in [2.75, 3.05) is 19.5 Å². The molecule has 20 nitrogen and oxygen atoms in total. The van der Waals surface area contributed by atoms with Crippen molar-refractivity contribution < 1.29 is 40.4 Å². The topological polar surface area (TPSA) is 241 Å². The van der Waals surface area contributed by atoms with Crippen LogP contribution in [-0.4, -0.2) is 123 Å². The van der Waals surface area contributed by atoms with Crippen molar-refractivity contribution in [3.05, 3.63) is 83.9 Å². The Morgan fingerprint density at radius 2 is 1.14 bits per heavy atom. The zero-order chi connectivity index (χ0) is 58.3. The van der Waals surface area contributed by atoms with Gasteiger partial charge in [0.1, 0.15) is 58.9 Å². The number of benzene rings is 2. The van der Waals surface area contributed by atoms with Crippen LogP contribution in [0.2, 0.25) is 51.4 Å². The molecule has 2 fully saturated rings. The van der Waals surface area contributed by atoms with E-state index < -0.39 is 26.3 Å². The minimum absolute atomic E-state index is 0.0691. The van der Waals surface area contributed by atoms with Crippen molar-refractivity contribution in [2.24, 2.45) is 31.8 Å². The maximum Gasteiger partial charge on any atom is 0.264 e. The molecule has 6 aromatic heterocycles. The van der Waals surface area contributed by atoms with E-state index in [0.29, 0.717) is 93.3 Å². The molecule has 0 spiro atoms. The number of amides is 2. The molecule has 0 aliphatic heterocycles. The summed E-state index contributed by atoms with van der Waals surface area (Å²) < 4.78 is 74.4. The lowest BCUT2D eigenvalue weighted by atomic mass is 9.72. The number of nitriles is 1. The van der Waals surface area contributed by atoms with Crippen LogP contribution in [0.1, 0.15) is 60.2 Å². The highest BCUT2D eigenvalue weighted by molar-refractivity contribution is 7.86. The van der Waals surface area contributed by atoms with E-state index in [-0.39, 0.29) is 72.9 Å². The molecule has 25 heteroatoms. The summed E-state index contributed by atoms with van der Waals surface area (Å²) in [6.07, 6.45) is 10.0. The lowest BCUT2D eigenvalue weighted by Gasteiger charge is -2.38. The molecule has 0 saturated heterocycles. The number of nitrogens with one attached hydrogen (secondary N) is 2. The van der Waals surface area contributed by atoms with Gasteiger partial charge < -0.3 is 29.2 Å². The highest BCUT2D eigenvalue weighted by Crippen LogP contribution is 2.37.